The van der Waals surface area contributed by atoms with Gasteiger partial charge in [-0.1, -0.05) is 32.9 Å². The SMILES string of the molecule is [2H][C@](Nc1cc(-c2ccncc2)c2ncc(C#N)c(NCC(C)(C)C)c2c1)(C1=CN(C2CC2)NN1)c1ccc(F)cc1. The van der Waals surface area contributed by atoms with Crippen LogP contribution in [0.15, 0.2) is 79.0 Å². The minimum Gasteiger partial charge on any atom is -0.383 e. The van der Waals surface area contributed by atoms with Crippen LogP contribution in [-0.2, 0) is 0 Å². The molecule has 1 fully saturated rings. The number of hydrogen-bond acceptors (Lipinski definition) is 8. The van der Waals surface area contributed by atoms with Gasteiger partial charge in [0.2, 0.25) is 0 Å². The molecule has 4 aromatic rings. The number of benzene rings is 2. The van der Waals surface area contributed by atoms with Gasteiger partial charge in [0.25, 0.3) is 0 Å². The number of fused-ring (bicyclic) bond motifs is 1. The predicted molar refractivity (Wildman–Crippen MR) is 160 cm³/mol. The number of hydrogen-bond donors (Lipinski definition) is 4. The summed E-state index contributed by atoms with van der Waals surface area (Å²) >= 11 is 0. The quantitative estimate of drug-likeness (QED) is 0.205. The molecule has 1 atom stereocenters. The summed E-state index contributed by atoms with van der Waals surface area (Å²) in [5, 5.41) is 19.7. The molecule has 0 spiro atoms. The summed E-state index contributed by atoms with van der Waals surface area (Å²) in [5.41, 5.74) is 11.6. The number of rotatable bonds is 8. The minimum absolute atomic E-state index is 0.0356. The maximum Gasteiger partial charge on any atom is 0.123 e. The van der Waals surface area contributed by atoms with Gasteiger partial charge in [0.15, 0.2) is 0 Å². The molecule has 0 bridgehead atoms. The molecule has 8 nitrogen and oxygen atoms in total. The summed E-state index contributed by atoms with van der Waals surface area (Å²) < 4.78 is 23.7. The summed E-state index contributed by atoms with van der Waals surface area (Å²) in [6.07, 6.45) is 9.10. The Morgan fingerprint density at radius 1 is 1.17 bits per heavy atom. The monoisotopic (exact) mass is 549 g/mol. The lowest BCUT2D eigenvalue weighted by Gasteiger charge is -2.24. The number of anilines is 2. The molecule has 0 radical (unpaired) electrons. The molecular weight excluding hydrogens is 515 g/mol. The number of aromatic nitrogens is 2. The molecule has 0 amide bonds. The highest BCUT2D eigenvalue weighted by Gasteiger charge is 2.32. The Kier molecular flexibility index (Phi) is 6.61. The molecule has 4 N–H and O–H groups in total. The van der Waals surface area contributed by atoms with Crippen molar-refractivity contribution in [1.82, 2.24) is 25.9 Å². The third kappa shape index (κ3) is 5.79. The molecule has 2 aromatic heterocycles. The van der Waals surface area contributed by atoms with Crippen LogP contribution < -0.4 is 21.6 Å². The highest BCUT2D eigenvalue weighted by molar-refractivity contribution is 6.04. The van der Waals surface area contributed by atoms with Gasteiger partial charge in [-0.15, -0.1) is 5.53 Å². The van der Waals surface area contributed by atoms with Gasteiger partial charge in [0.1, 0.15) is 11.9 Å². The first kappa shape index (κ1) is 25.3. The summed E-state index contributed by atoms with van der Waals surface area (Å²) in [4.78, 5) is 8.89. The van der Waals surface area contributed by atoms with Crippen molar-refractivity contribution in [1.29, 1.82) is 5.26 Å². The number of halogens is 1. The van der Waals surface area contributed by atoms with Crippen molar-refractivity contribution in [3.8, 4) is 17.2 Å². The van der Waals surface area contributed by atoms with Gasteiger partial charge in [-0.25, -0.2) is 4.39 Å². The molecule has 6 rings (SSSR count). The predicted octanol–water partition coefficient (Wildman–Crippen LogP) is 6.25. The molecular formula is C32H33FN8. The summed E-state index contributed by atoms with van der Waals surface area (Å²) in [5.74, 6) is -0.373. The van der Waals surface area contributed by atoms with Gasteiger partial charge in [-0.3, -0.25) is 15.0 Å². The van der Waals surface area contributed by atoms with Crippen LogP contribution in [0.2, 0.25) is 0 Å². The Balaban J connectivity index is 1.53. The standard InChI is InChI=1S/C32H33FN8/c1-32(2,3)19-37-29-22(16-34)17-36-31-26(20-10-12-35-13-11-20)14-24(15-27(29)31)38-30(21-4-6-23(33)7-5-21)28-18-41(40-39-28)25-8-9-25/h4-7,10-15,17-18,25,30,38-40H,8-9,19H2,1-3H3,(H,36,37)/t30-/m1/s1/i30D. The third-order valence-corrected chi connectivity index (χ3v) is 7.08. The van der Waals surface area contributed by atoms with Crippen molar-refractivity contribution < 1.29 is 5.76 Å². The van der Waals surface area contributed by atoms with Gasteiger partial charge in [0, 0.05) is 54.0 Å². The highest BCUT2D eigenvalue weighted by atomic mass is 19.1. The van der Waals surface area contributed by atoms with Crippen LogP contribution >= 0.6 is 0 Å². The number of nitrogens with one attached hydrogen (secondary N) is 4. The van der Waals surface area contributed by atoms with Gasteiger partial charge >= 0.3 is 0 Å². The van der Waals surface area contributed by atoms with E-state index in [1.54, 1.807) is 30.7 Å². The highest BCUT2D eigenvalue weighted by Crippen LogP contribution is 2.38. The number of nitriles is 1. The molecule has 0 unspecified atom stereocenters. The molecule has 208 valence electrons. The van der Waals surface area contributed by atoms with Gasteiger partial charge in [-0.05, 0) is 65.8 Å². The van der Waals surface area contributed by atoms with E-state index >= 15 is 0 Å². The third-order valence-electron chi connectivity index (χ3n) is 7.08. The zero-order valence-electron chi connectivity index (χ0n) is 24.3. The molecule has 3 heterocycles. The Morgan fingerprint density at radius 2 is 1.93 bits per heavy atom. The lowest BCUT2D eigenvalue weighted by atomic mass is 9.95. The van der Waals surface area contributed by atoms with Crippen LogP contribution in [0.25, 0.3) is 22.0 Å². The van der Waals surface area contributed by atoms with E-state index in [0.717, 1.165) is 34.9 Å². The van der Waals surface area contributed by atoms with Crippen LogP contribution in [0.3, 0.4) is 0 Å². The summed E-state index contributed by atoms with van der Waals surface area (Å²) in [6, 6.07) is 14.8. The number of nitrogens with zero attached hydrogens (tertiary/aromatic N) is 4. The first-order valence-electron chi connectivity index (χ1n) is 14.2. The van der Waals surface area contributed by atoms with E-state index in [1.807, 2.05) is 35.5 Å². The normalized spacial score (nSPS) is 16.8. The Hall–Kier alpha value is -4.68. The molecule has 2 aliphatic rings. The topological polar surface area (TPSA) is 101 Å². The van der Waals surface area contributed by atoms with Crippen LogP contribution in [0.4, 0.5) is 15.8 Å². The largest absolute Gasteiger partial charge is 0.383 e. The summed E-state index contributed by atoms with van der Waals surface area (Å²) in [6.45, 7) is 7.02. The molecule has 1 aliphatic heterocycles. The van der Waals surface area contributed by atoms with E-state index < -0.39 is 6.02 Å². The Labute approximate surface area is 240 Å². The second-order valence-corrected chi connectivity index (χ2v) is 11.7. The average molecular weight is 550 g/mol. The van der Waals surface area contributed by atoms with Crippen LogP contribution in [0, 0.1) is 22.6 Å². The van der Waals surface area contributed by atoms with Crippen molar-refractivity contribution in [3.05, 3.63) is 96.0 Å². The van der Waals surface area contributed by atoms with Crippen molar-refractivity contribution in [2.45, 2.75) is 45.7 Å². The first-order valence-corrected chi connectivity index (χ1v) is 13.7. The van der Waals surface area contributed by atoms with Crippen molar-refractivity contribution in [2.75, 3.05) is 17.2 Å². The Bertz CT molecular complexity index is 1690. The molecule has 2 aromatic carbocycles. The Morgan fingerprint density at radius 3 is 2.61 bits per heavy atom. The fraction of sp³-hybridized carbons (Fsp3) is 0.281. The first-order chi connectivity index (χ1) is 20.1. The molecule has 1 saturated carbocycles. The second kappa shape index (κ2) is 10.7. The van der Waals surface area contributed by atoms with Crippen LogP contribution in [0.5, 0.6) is 0 Å². The van der Waals surface area contributed by atoms with E-state index in [2.05, 4.69) is 53.4 Å². The van der Waals surface area contributed by atoms with Gasteiger partial charge in [0.05, 0.1) is 29.9 Å². The van der Waals surface area contributed by atoms with E-state index in [9.17, 15) is 11.0 Å². The van der Waals surface area contributed by atoms with Gasteiger partial charge < -0.3 is 16.1 Å². The minimum atomic E-state index is -1.51. The second-order valence-electron chi connectivity index (χ2n) is 11.7. The van der Waals surface area contributed by atoms with Crippen molar-refractivity contribution in [2.24, 2.45) is 5.41 Å². The van der Waals surface area contributed by atoms with E-state index in [4.69, 9.17) is 4.98 Å². The van der Waals surface area contributed by atoms with E-state index in [1.165, 1.54) is 12.1 Å². The van der Waals surface area contributed by atoms with Gasteiger partial charge in [-0.2, -0.15) is 5.26 Å². The molecule has 41 heavy (non-hydrogen) atoms. The van der Waals surface area contributed by atoms with Crippen molar-refractivity contribution >= 4 is 22.3 Å². The van der Waals surface area contributed by atoms with Crippen molar-refractivity contribution in [3.63, 3.8) is 0 Å². The fourth-order valence-corrected chi connectivity index (χ4v) is 4.82. The molecule has 9 heteroatoms. The van der Waals surface area contributed by atoms with E-state index in [0.29, 0.717) is 40.8 Å². The fourth-order valence-electron chi connectivity index (χ4n) is 4.82. The maximum absolute atomic E-state index is 14.0. The maximum atomic E-state index is 14.0. The lowest BCUT2D eigenvalue weighted by Crippen LogP contribution is -2.38. The molecule has 1 aliphatic carbocycles. The number of pyridine rings is 2. The zero-order valence-corrected chi connectivity index (χ0v) is 23.3. The smallest absolute Gasteiger partial charge is 0.123 e. The zero-order chi connectivity index (χ0) is 29.5. The molecule has 0 saturated heterocycles. The van der Waals surface area contributed by atoms with E-state index in [-0.39, 0.29) is 11.2 Å². The summed E-state index contributed by atoms with van der Waals surface area (Å²) in [7, 11) is 0. The lowest BCUT2D eigenvalue weighted by molar-refractivity contribution is 0.260. The number of hydrazine groups is 2. The average Bonchev–Trinajstić information content (AvgIpc) is 3.71. The van der Waals surface area contributed by atoms with Crippen LogP contribution in [-0.4, -0.2) is 27.6 Å². The van der Waals surface area contributed by atoms with Crippen LogP contribution in [0.1, 0.15) is 52.1 Å².